The van der Waals surface area contributed by atoms with Crippen LogP contribution in [-0.2, 0) is 6.42 Å². The minimum atomic E-state index is 0.650. The summed E-state index contributed by atoms with van der Waals surface area (Å²) in [5, 5.41) is 0. The molecule has 2 N–H and O–H groups in total. The van der Waals surface area contributed by atoms with E-state index >= 15 is 0 Å². The van der Waals surface area contributed by atoms with Crippen molar-refractivity contribution in [2.75, 3.05) is 33.9 Å². The van der Waals surface area contributed by atoms with Gasteiger partial charge in [-0.1, -0.05) is 12.5 Å². The largest absolute Gasteiger partial charge is 0.493 e. The van der Waals surface area contributed by atoms with Crippen molar-refractivity contribution in [3.63, 3.8) is 0 Å². The highest BCUT2D eigenvalue weighted by Crippen LogP contribution is 2.28. The number of hydrogen-bond acceptors (Lipinski definition) is 4. The van der Waals surface area contributed by atoms with Crippen LogP contribution in [0.2, 0.25) is 0 Å². The first-order chi connectivity index (χ1) is 10.2. The minimum Gasteiger partial charge on any atom is -0.493 e. The van der Waals surface area contributed by atoms with E-state index in [4.69, 9.17) is 15.2 Å². The van der Waals surface area contributed by atoms with Crippen molar-refractivity contribution in [1.82, 2.24) is 4.90 Å². The molecule has 0 saturated carbocycles. The molecule has 21 heavy (non-hydrogen) atoms. The monoisotopic (exact) mass is 292 g/mol. The molecule has 4 heteroatoms. The molecule has 0 spiro atoms. The van der Waals surface area contributed by atoms with Gasteiger partial charge in [0, 0.05) is 6.04 Å². The Morgan fingerprint density at radius 3 is 2.86 bits per heavy atom. The number of rotatable bonds is 7. The molecule has 118 valence electrons. The quantitative estimate of drug-likeness (QED) is 0.838. The van der Waals surface area contributed by atoms with Gasteiger partial charge in [0.2, 0.25) is 0 Å². The van der Waals surface area contributed by atoms with Gasteiger partial charge in [0.25, 0.3) is 0 Å². The SMILES string of the molecule is COc1cc(CCN)ccc1OCCC1CCCCN1C. The zero-order valence-electron chi connectivity index (χ0n) is 13.3. The third-order valence-electron chi connectivity index (χ3n) is 4.29. The van der Waals surface area contributed by atoms with Crippen molar-refractivity contribution in [1.29, 1.82) is 0 Å². The van der Waals surface area contributed by atoms with Gasteiger partial charge in [-0.25, -0.2) is 0 Å². The highest BCUT2D eigenvalue weighted by Gasteiger charge is 2.18. The second kappa shape index (κ2) is 8.25. The molecule has 0 radical (unpaired) electrons. The van der Waals surface area contributed by atoms with Crippen molar-refractivity contribution in [2.45, 2.75) is 38.1 Å². The number of piperidine rings is 1. The summed E-state index contributed by atoms with van der Waals surface area (Å²) >= 11 is 0. The molecule has 0 amide bonds. The maximum absolute atomic E-state index is 5.93. The van der Waals surface area contributed by atoms with Gasteiger partial charge < -0.3 is 20.1 Å². The standard InChI is InChI=1S/C17H28N2O2/c1-19-11-4-3-5-15(19)9-12-21-16-7-6-14(8-10-18)13-17(16)20-2/h6-7,13,15H,3-5,8-12,18H2,1-2H3. The summed E-state index contributed by atoms with van der Waals surface area (Å²) in [7, 11) is 3.90. The van der Waals surface area contributed by atoms with Gasteiger partial charge in [-0.05, 0) is 63.5 Å². The fourth-order valence-corrected chi connectivity index (χ4v) is 2.97. The number of methoxy groups -OCH3 is 1. The molecule has 1 aliphatic rings. The van der Waals surface area contributed by atoms with Crippen molar-refractivity contribution in [3.8, 4) is 11.5 Å². The van der Waals surface area contributed by atoms with Crippen molar-refractivity contribution in [2.24, 2.45) is 5.73 Å². The van der Waals surface area contributed by atoms with E-state index in [-0.39, 0.29) is 0 Å². The number of nitrogens with zero attached hydrogens (tertiary/aromatic N) is 1. The highest BCUT2D eigenvalue weighted by atomic mass is 16.5. The predicted molar refractivity (Wildman–Crippen MR) is 86.1 cm³/mol. The molecule has 1 unspecified atom stereocenters. The molecule has 0 aliphatic carbocycles. The van der Waals surface area contributed by atoms with Gasteiger partial charge in [-0.15, -0.1) is 0 Å². The van der Waals surface area contributed by atoms with Crippen LogP contribution in [0.5, 0.6) is 11.5 Å². The second-order valence-electron chi connectivity index (χ2n) is 5.79. The van der Waals surface area contributed by atoms with E-state index in [2.05, 4.69) is 18.0 Å². The molecule has 0 aromatic heterocycles. The first-order valence-corrected chi connectivity index (χ1v) is 7.94. The summed E-state index contributed by atoms with van der Waals surface area (Å²) in [6, 6.07) is 6.74. The molecule has 0 bridgehead atoms. The zero-order valence-corrected chi connectivity index (χ0v) is 13.3. The van der Waals surface area contributed by atoms with Crippen molar-refractivity contribution >= 4 is 0 Å². The Labute approximate surface area is 128 Å². The lowest BCUT2D eigenvalue weighted by molar-refractivity contribution is 0.152. The van der Waals surface area contributed by atoms with E-state index in [0.29, 0.717) is 12.6 Å². The van der Waals surface area contributed by atoms with Crippen LogP contribution in [0.15, 0.2) is 18.2 Å². The fourth-order valence-electron chi connectivity index (χ4n) is 2.97. The Bertz CT molecular complexity index is 437. The summed E-state index contributed by atoms with van der Waals surface area (Å²) in [4.78, 5) is 2.45. The van der Waals surface area contributed by atoms with Crippen LogP contribution in [0.3, 0.4) is 0 Å². The first-order valence-electron chi connectivity index (χ1n) is 7.94. The summed E-state index contributed by atoms with van der Waals surface area (Å²) in [6.07, 6.45) is 5.89. The Balaban J connectivity index is 1.87. The molecule has 1 heterocycles. The van der Waals surface area contributed by atoms with Gasteiger partial charge in [-0.2, -0.15) is 0 Å². The van der Waals surface area contributed by atoms with Crippen LogP contribution in [0.1, 0.15) is 31.2 Å². The molecule has 1 atom stereocenters. The van der Waals surface area contributed by atoms with Gasteiger partial charge in [0.15, 0.2) is 11.5 Å². The molecule has 1 saturated heterocycles. The first kappa shape index (κ1) is 16.1. The maximum Gasteiger partial charge on any atom is 0.161 e. The lowest BCUT2D eigenvalue weighted by Crippen LogP contribution is -2.37. The zero-order chi connectivity index (χ0) is 15.1. The second-order valence-corrected chi connectivity index (χ2v) is 5.79. The molecule has 4 nitrogen and oxygen atoms in total. The average molecular weight is 292 g/mol. The summed E-state index contributed by atoms with van der Waals surface area (Å²) < 4.78 is 11.3. The van der Waals surface area contributed by atoms with Gasteiger partial charge in [0.05, 0.1) is 13.7 Å². The molecule has 1 aromatic carbocycles. The Morgan fingerprint density at radius 2 is 2.14 bits per heavy atom. The van der Waals surface area contributed by atoms with Gasteiger partial charge in [0.1, 0.15) is 0 Å². The van der Waals surface area contributed by atoms with E-state index in [9.17, 15) is 0 Å². The number of nitrogens with two attached hydrogens (primary N) is 1. The van der Waals surface area contributed by atoms with E-state index in [1.54, 1.807) is 7.11 Å². The van der Waals surface area contributed by atoms with Crippen LogP contribution >= 0.6 is 0 Å². The maximum atomic E-state index is 5.93. The number of likely N-dealkylation sites (tertiary alicyclic amines) is 1. The third kappa shape index (κ3) is 4.61. The topological polar surface area (TPSA) is 47.7 Å². The third-order valence-corrected chi connectivity index (χ3v) is 4.29. The average Bonchev–Trinajstić information content (AvgIpc) is 2.50. The summed E-state index contributed by atoms with van der Waals surface area (Å²) in [5.74, 6) is 1.63. The Hall–Kier alpha value is -1.26. The molecule has 2 rings (SSSR count). The number of benzene rings is 1. The van der Waals surface area contributed by atoms with Crippen LogP contribution in [-0.4, -0.2) is 44.8 Å². The summed E-state index contributed by atoms with van der Waals surface area (Å²) in [6.45, 7) is 2.60. The Morgan fingerprint density at radius 1 is 1.29 bits per heavy atom. The number of ether oxygens (including phenoxy) is 2. The minimum absolute atomic E-state index is 0.650. The van der Waals surface area contributed by atoms with Gasteiger partial charge >= 0.3 is 0 Å². The normalized spacial score (nSPS) is 19.5. The van der Waals surface area contributed by atoms with Crippen molar-refractivity contribution in [3.05, 3.63) is 23.8 Å². The molecular weight excluding hydrogens is 264 g/mol. The molecule has 1 aromatic rings. The smallest absolute Gasteiger partial charge is 0.161 e. The van der Waals surface area contributed by atoms with Crippen LogP contribution < -0.4 is 15.2 Å². The number of hydrogen-bond donors (Lipinski definition) is 1. The Kier molecular flexibility index (Phi) is 6.33. The van der Waals surface area contributed by atoms with E-state index in [0.717, 1.165) is 30.9 Å². The van der Waals surface area contributed by atoms with Crippen LogP contribution in [0, 0.1) is 0 Å². The van der Waals surface area contributed by atoms with Crippen molar-refractivity contribution < 1.29 is 9.47 Å². The van der Waals surface area contributed by atoms with E-state index in [1.165, 1.54) is 31.4 Å². The van der Waals surface area contributed by atoms with Crippen LogP contribution in [0.25, 0.3) is 0 Å². The van der Waals surface area contributed by atoms with E-state index < -0.39 is 0 Å². The van der Waals surface area contributed by atoms with Crippen LogP contribution in [0.4, 0.5) is 0 Å². The molecular formula is C17H28N2O2. The summed E-state index contributed by atoms with van der Waals surface area (Å²) in [5.41, 5.74) is 6.78. The molecule has 1 aliphatic heterocycles. The predicted octanol–water partition coefficient (Wildman–Crippen LogP) is 2.45. The van der Waals surface area contributed by atoms with E-state index in [1.807, 2.05) is 12.1 Å². The van der Waals surface area contributed by atoms with Gasteiger partial charge in [-0.3, -0.25) is 0 Å². The lowest BCUT2D eigenvalue weighted by atomic mass is 10.0. The molecule has 1 fully saturated rings. The lowest BCUT2D eigenvalue weighted by Gasteiger charge is -2.32. The highest BCUT2D eigenvalue weighted by molar-refractivity contribution is 5.43. The fraction of sp³-hybridized carbons (Fsp3) is 0.647.